The molecule has 19 heavy (non-hydrogen) atoms. The summed E-state index contributed by atoms with van der Waals surface area (Å²) >= 11 is 3.26. The van der Waals surface area contributed by atoms with Crippen molar-refractivity contribution in [2.45, 2.75) is 19.9 Å². The van der Waals surface area contributed by atoms with Gasteiger partial charge in [-0.25, -0.2) is 4.98 Å². The average Bonchev–Trinajstić information content (AvgIpc) is 2.43. The summed E-state index contributed by atoms with van der Waals surface area (Å²) in [6, 6.07) is 7.47. The number of anilines is 1. The summed E-state index contributed by atoms with van der Waals surface area (Å²) in [5.74, 6) is 0.844. The second-order valence-electron chi connectivity index (χ2n) is 4.23. The minimum Gasteiger partial charge on any atom is -0.370 e. The van der Waals surface area contributed by atoms with E-state index in [-0.39, 0.29) is 5.56 Å². The fourth-order valence-electron chi connectivity index (χ4n) is 1.78. The van der Waals surface area contributed by atoms with Crippen LogP contribution in [0.5, 0.6) is 0 Å². The average molecular weight is 322 g/mol. The van der Waals surface area contributed by atoms with E-state index in [4.69, 9.17) is 0 Å². The lowest BCUT2D eigenvalue weighted by atomic mass is 10.2. The lowest BCUT2D eigenvalue weighted by Gasteiger charge is -2.11. The highest BCUT2D eigenvalue weighted by molar-refractivity contribution is 9.10. The molecule has 0 atom stereocenters. The first-order valence-corrected chi connectivity index (χ1v) is 7.04. The maximum absolute atomic E-state index is 12.0. The van der Waals surface area contributed by atoms with Crippen molar-refractivity contribution in [3.63, 3.8) is 0 Å². The second-order valence-corrected chi connectivity index (χ2v) is 5.08. The number of aromatic nitrogens is 2. The lowest BCUT2D eigenvalue weighted by Crippen LogP contribution is -2.21. The largest absolute Gasteiger partial charge is 0.370 e. The molecular weight excluding hydrogens is 306 g/mol. The number of nitrogens with zero attached hydrogens (tertiary/aromatic N) is 2. The lowest BCUT2D eigenvalue weighted by molar-refractivity contribution is 0.752. The highest BCUT2D eigenvalue weighted by atomic mass is 79.9. The van der Waals surface area contributed by atoms with E-state index in [1.165, 1.54) is 0 Å². The Morgan fingerprint density at radius 1 is 1.37 bits per heavy atom. The van der Waals surface area contributed by atoms with Crippen molar-refractivity contribution in [2.75, 3.05) is 11.9 Å². The van der Waals surface area contributed by atoms with Crippen LogP contribution in [0.25, 0.3) is 0 Å². The molecule has 0 aliphatic heterocycles. The van der Waals surface area contributed by atoms with Crippen molar-refractivity contribution in [2.24, 2.45) is 0 Å². The van der Waals surface area contributed by atoms with Gasteiger partial charge in [0.05, 0.1) is 11.0 Å². The minimum absolute atomic E-state index is 0.0344. The maximum atomic E-state index is 12.0. The van der Waals surface area contributed by atoms with Crippen LogP contribution in [0.4, 0.5) is 5.82 Å². The molecule has 0 saturated heterocycles. The van der Waals surface area contributed by atoms with E-state index >= 15 is 0 Å². The fraction of sp³-hybridized carbons (Fsp3) is 0.286. The number of rotatable bonds is 5. The monoisotopic (exact) mass is 321 g/mol. The summed E-state index contributed by atoms with van der Waals surface area (Å²) in [5, 5.41) is 3.28. The van der Waals surface area contributed by atoms with E-state index in [1.807, 2.05) is 18.2 Å². The molecule has 5 heteroatoms. The summed E-state index contributed by atoms with van der Waals surface area (Å²) in [6.07, 6.45) is 4.57. The van der Waals surface area contributed by atoms with E-state index < -0.39 is 0 Å². The first kappa shape index (κ1) is 13.8. The van der Waals surface area contributed by atoms with E-state index in [2.05, 4.69) is 33.2 Å². The molecule has 0 amide bonds. The number of hydrogen-bond acceptors (Lipinski definition) is 3. The Morgan fingerprint density at radius 2 is 2.21 bits per heavy atom. The second kappa shape index (κ2) is 6.52. The van der Waals surface area contributed by atoms with Gasteiger partial charge in [-0.15, -0.1) is 0 Å². The molecule has 0 fully saturated rings. The SMILES string of the molecule is CCCNc1ncccc1Cn1cccc(Br)c1=O. The van der Waals surface area contributed by atoms with Gasteiger partial charge in [-0.2, -0.15) is 0 Å². The summed E-state index contributed by atoms with van der Waals surface area (Å²) < 4.78 is 2.24. The van der Waals surface area contributed by atoms with Crippen LogP contribution in [0.3, 0.4) is 0 Å². The zero-order valence-corrected chi connectivity index (χ0v) is 12.4. The summed E-state index contributed by atoms with van der Waals surface area (Å²) in [7, 11) is 0. The van der Waals surface area contributed by atoms with Crippen LogP contribution in [0.1, 0.15) is 18.9 Å². The summed E-state index contributed by atoms with van der Waals surface area (Å²) in [4.78, 5) is 16.3. The van der Waals surface area contributed by atoms with Crippen LogP contribution >= 0.6 is 15.9 Å². The van der Waals surface area contributed by atoms with Gasteiger partial charge in [-0.3, -0.25) is 4.79 Å². The van der Waals surface area contributed by atoms with Crippen molar-refractivity contribution < 1.29 is 0 Å². The molecule has 0 radical (unpaired) electrons. The van der Waals surface area contributed by atoms with Gasteiger partial charge < -0.3 is 9.88 Å². The van der Waals surface area contributed by atoms with Gasteiger partial charge in [-0.05, 0) is 40.5 Å². The van der Waals surface area contributed by atoms with Gasteiger partial charge in [0.15, 0.2) is 0 Å². The van der Waals surface area contributed by atoms with Crippen molar-refractivity contribution in [3.05, 3.63) is 57.0 Å². The summed E-state index contributed by atoms with van der Waals surface area (Å²) in [5.41, 5.74) is 0.976. The molecule has 0 aliphatic rings. The van der Waals surface area contributed by atoms with Gasteiger partial charge in [0.25, 0.3) is 5.56 Å². The number of hydrogen-bond donors (Lipinski definition) is 1. The molecule has 0 aliphatic carbocycles. The Hall–Kier alpha value is -1.62. The van der Waals surface area contributed by atoms with Gasteiger partial charge in [0, 0.05) is 24.5 Å². The Kier molecular flexibility index (Phi) is 4.74. The molecule has 0 unspecified atom stereocenters. The first-order chi connectivity index (χ1) is 9.22. The number of nitrogens with one attached hydrogen (secondary N) is 1. The Labute approximate surface area is 120 Å². The maximum Gasteiger partial charge on any atom is 0.265 e. The normalized spacial score (nSPS) is 10.4. The number of halogens is 1. The van der Waals surface area contributed by atoms with E-state index in [0.717, 1.165) is 24.3 Å². The molecule has 100 valence electrons. The van der Waals surface area contributed by atoms with E-state index in [1.54, 1.807) is 23.0 Å². The van der Waals surface area contributed by atoms with Crippen molar-refractivity contribution >= 4 is 21.7 Å². The molecule has 0 saturated carbocycles. The van der Waals surface area contributed by atoms with Crippen LogP contribution < -0.4 is 10.9 Å². The zero-order valence-electron chi connectivity index (χ0n) is 10.8. The topological polar surface area (TPSA) is 46.9 Å². The molecule has 2 aromatic rings. The van der Waals surface area contributed by atoms with E-state index in [0.29, 0.717) is 11.0 Å². The van der Waals surface area contributed by atoms with Gasteiger partial charge in [0.2, 0.25) is 0 Å². The molecule has 2 rings (SSSR count). The quantitative estimate of drug-likeness (QED) is 0.921. The molecule has 2 heterocycles. The summed E-state index contributed by atoms with van der Waals surface area (Å²) in [6.45, 7) is 3.49. The zero-order chi connectivity index (χ0) is 13.7. The predicted molar refractivity (Wildman–Crippen MR) is 80.5 cm³/mol. The third-order valence-electron chi connectivity index (χ3n) is 2.75. The third kappa shape index (κ3) is 3.44. The molecule has 1 N–H and O–H groups in total. The van der Waals surface area contributed by atoms with Crippen molar-refractivity contribution in [1.82, 2.24) is 9.55 Å². The van der Waals surface area contributed by atoms with Gasteiger partial charge in [0.1, 0.15) is 5.82 Å². The van der Waals surface area contributed by atoms with E-state index in [9.17, 15) is 4.79 Å². The van der Waals surface area contributed by atoms with Crippen LogP contribution in [-0.4, -0.2) is 16.1 Å². The minimum atomic E-state index is -0.0344. The Bertz CT molecular complexity index is 610. The molecule has 0 bridgehead atoms. The van der Waals surface area contributed by atoms with Crippen LogP contribution in [0.15, 0.2) is 45.9 Å². The third-order valence-corrected chi connectivity index (χ3v) is 3.35. The smallest absolute Gasteiger partial charge is 0.265 e. The first-order valence-electron chi connectivity index (χ1n) is 6.25. The predicted octanol–water partition coefficient (Wildman–Crippen LogP) is 2.88. The standard InChI is InChI=1S/C14H16BrN3O/c1-2-7-16-13-11(5-3-8-17-13)10-18-9-4-6-12(15)14(18)19/h3-6,8-9H,2,7,10H2,1H3,(H,16,17). The Morgan fingerprint density at radius 3 is 3.00 bits per heavy atom. The fourth-order valence-corrected chi connectivity index (χ4v) is 2.16. The highest BCUT2D eigenvalue weighted by Gasteiger charge is 2.05. The Balaban J connectivity index is 2.28. The molecule has 2 aromatic heterocycles. The van der Waals surface area contributed by atoms with Gasteiger partial charge in [-0.1, -0.05) is 13.0 Å². The molecule has 0 aromatic carbocycles. The molecule has 4 nitrogen and oxygen atoms in total. The van der Waals surface area contributed by atoms with Gasteiger partial charge >= 0.3 is 0 Å². The van der Waals surface area contributed by atoms with Crippen LogP contribution in [-0.2, 0) is 6.54 Å². The van der Waals surface area contributed by atoms with Crippen molar-refractivity contribution in [1.29, 1.82) is 0 Å². The van der Waals surface area contributed by atoms with Crippen molar-refractivity contribution in [3.8, 4) is 0 Å². The highest BCUT2D eigenvalue weighted by Crippen LogP contribution is 2.13. The molecular formula is C14H16BrN3O. The van der Waals surface area contributed by atoms with Crippen LogP contribution in [0.2, 0.25) is 0 Å². The molecule has 0 spiro atoms. The van der Waals surface area contributed by atoms with Crippen LogP contribution in [0, 0.1) is 0 Å². The number of pyridine rings is 2.